The molecule has 1 aromatic heterocycles. The van der Waals surface area contributed by atoms with Crippen LogP contribution in [0.3, 0.4) is 0 Å². The molecule has 1 aromatic carbocycles. The Kier molecular flexibility index (Phi) is 6.08. The van der Waals surface area contributed by atoms with Gasteiger partial charge in [0.2, 0.25) is 5.91 Å². The molecule has 0 spiro atoms. The molecule has 2 aromatic rings. The third kappa shape index (κ3) is 3.70. The van der Waals surface area contributed by atoms with Crippen LogP contribution in [-0.2, 0) is 17.8 Å². The fourth-order valence-electron chi connectivity index (χ4n) is 3.30. The third-order valence-electron chi connectivity index (χ3n) is 4.56. The second-order valence-corrected chi connectivity index (χ2v) is 6.07. The first kappa shape index (κ1) is 17.8. The Bertz CT molecular complexity index is 662. The molecule has 0 radical (unpaired) electrons. The number of furan rings is 1. The molecule has 1 saturated heterocycles. The average molecular weight is 337 g/mol. The SMILES string of the molecule is CCc1oc2ccccc2c1CN(C)C(=O)C1CCNCC1.Cl. The largest absolute Gasteiger partial charge is 0.461 e. The lowest BCUT2D eigenvalue weighted by atomic mass is 9.96. The Morgan fingerprint density at radius 2 is 2.00 bits per heavy atom. The smallest absolute Gasteiger partial charge is 0.225 e. The van der Waals surface area contributed by atoms with Gasteiger partial charge in [0.15, 0.2) is 0 Å². The number of carbonyl (C=O) groups is 1. The van der Waals surface area contributed by atoms with E-state index < -0.39 is 0 Å². The lowest BCUT2D eigenvalue weighted by Gasteiger charge is -2.27. The van der Waals surface area contributed by atoms with Crippen LogP contribution in [0.15, 0.2) is 28.7 Å². The maximum absolute atomic E-state index is 12.6. The molecule has 4 nitrogen and oxygen atoms in total. The van der Waals surface area contributed by atoms with E-state index in [1.807, 2.05) is 30.1 Å². The summed E-state index contributed by atoms with van der Waals surface area (Å²) in [5, 5.41) is 4.44. The molecule has 23 heavy (non-hydrogen) atoms. The number of aryl methyl sites for hydroxylation is 1. The number of para-hydroxylation sites is 1. The number of piperidine rings is 1. The van der Waals surface area contributed by atoms with Crippen molar-refractivity contribution in [2.45, 2.75) is 32.7 Å². The molecule has 0 unspecified atom stereocenters. The normalized spacial score (nSPS) is 15.4. The van der Waals surface area contributed by atoms with E-state index >= 15 is 0 Å². The number of hydrogen-bond donors (Lipinski definition) is 1. The first-order chi connectivity index (χ1) is 10.7. The fourth-order valence-corrected chi connectivity index (χ4v) is 3.30. The molecule has 1 aliphatic heterocycles. The van der Waals surface area contributed by atoms with Crippen molar-refractivity contribution in [3.63, 3.8) is 0 Å². The van der Waals surface area contributed by atoms with Crippen molar-refractivity contribution in [3.05, 3.63) is 35.6 Å². The van der Waals surface area contributed by atoms with Crippen LogP contribution in [0, 0.1) is 5.92 Å². The van der Waals surface area contributed by atoms with Gasteiger partial charge in [0.1, 0.15) is 11.3 Å². The van der Waals surface area contributed by atoms with Crippen molar-refractivity contribution in [2.75, 3.05) is 20.1 Å². The first-order valence-electron chi connectivity index (χ1n) is 8.15. The van der Waals surface area contributed by atoms with E-state index in [4.69, 9.17) is 4.42 Å². The van der Waals surface area contributed by atoms with E-state index in [0.717, 1.165) is 54.6 Å². The van der Waals surface area contributed by atoms with Gasteiger partial charge in [-0.25, -0.2) is 0 Å². The summed E-state index contributed by atoms with van der Waals surface area (Å²) in [6, 6.07) is 8.08. The van der Waals surface area contributed by atoms with Gasteiger partial charge in [-0.05, 0) is 32.0 Å². The Labute approximate surface area is 143 Å². The minimum absolute atomic E-state index is 0. The lowest BCUT2D eigenvalue weighted by molar-refractivity contribution is -0.135. The Morgan fingerprint density at radius 1 is 1.30 bits per heavy atom. The number of amides is 1. The van der Waals surface area contributed by atoms with Crippen molar-refractivity contribution >= 4 is 29.3 Å². The van der Waals surface area contributed by atoms with Gasteiger partial charge in [0.05, 0.1) is 0 Å². The summed E-state index contributed by atoms with van der Waals surface area (Å²) in [5.74, 6) is 1.41. The quantitative estimate of drug-likeness (QED) is 0.931. The average Bonchev–Trinajstić information content (AvgIpc) is 2.93. The standard InChI is InChI=1S/C18H24N2O2.ClH/c1-3-16-15(14-6-4-5-7-17(14)22-16)12-20(2)18(21)13-8-10-19-11-9-13;/h4-7,13,19H,3,8-12H2,1-2H3;1H. The summed E-state index contributed by atoms with van der Waals surface area (Å²) in [6.07, 6.45) is 2.73. The Morgan fingerprint density at radius 3 is 2.70 bits per heavy atom. The van der Waals surface area contributed by atoms with Gasteiger partial charge in [0.25, 0.3) is 0 Å². The van der Waals surface area contributed by atoms with Gasteiger partial charge in [-0.15, -0.1) is 12.4 Å². The molecule has 126 valence electrons. The van der Waals surface area contributed by atoms with E-state index in [2.05, 4.69) is 18.3 Å². The van der Waals surface area contributed by atoms with Crippen LogP contribution in [0.2, 0.25) is 0 Å². The van der Waals surface area contributed by atoms with Crippen molar-refractivity contribution in [2.24, 2.45) is 5.92 Å². The molecule has 0 bridgehead atoms. The van der Waals surface area contributed by atoms with Crippen LogP contribution in [-0.4, -0.2) is 30.9 Å². The summed E-state index contributed by atoms with van der Waals surface area (Å²) in [7, 11) is 1.91. The maximum atomic E-state index is 12.6. The van der Waals surface area contributed by atoms with E-state index in [1.54, 1.807) is 0 Å². The highest BCUT2D eigenvalue weighted by Gasteiger charge is 2.25. The van der Waals surface area contributed by atoms with Crippen LogP contribution in [0.1, 0.15) is 31.1 Å². The van der Waals surface area contributed by atoms with Crippen molar-refractivity contribution in [1.82, 2.24) is 10.2 Å². The van der Waals surface area contributed by atoms with Crippen LogP contribution in [0.4, 0.5) is 0 Å². The van der Waals surface area contributed by atoms with Gasteiger partial charge in [-0.2, -0.15) is 0 Å². The molecule has 3 rings (SSSR count). The monoisotopic (exact) mass is 336 g/mol. The summed E-state index contributed by atoms with van der Waals surface area (Å²) in [5.41, 5.74) is 2.07. The molecule has 0 atom stereocenters. The van der Waals surface area contributed by atoms with E-state index in [0.29, 0.717) is 6.54 Å². The molecular formula is C18H25ClN2O2. The van der Waals surface area contributed by atoms with E-state index in [9.17, 15) is 4.79 Å². The van der Waals surface area contributed by atoms with Crippen LogP contribution in [0.5, 0.6) is 0 Å². The third-order valence-corrected chi connectivity index (χ3v) is 4.56. The zero-order valence-electron chi connectivity index (χ0n) is 13.8. The Hall–Kier alpha value is -1.52. The second-order valence-electron chi connectivity index (χ2n) is 6.07. The highest BCUT2D eigenvalue weighted by Crippen LogP contribution is 2.28. The van der Waals surface area contributed by atoms with Gasteiger partial charge in [-0.1, -0.05) is 25.1 Å². The van der Waals surface area contributed by atoms with Gasteiger partial charge in [-0.3, -0.25) is 4.79 Å². The molecule has 0 aliphatic carbocycles. The lowest BCUT2D eigenvalue weighted by Crippen LogP contribution is -2.39. The molecule has 0 saturated carbocycles. The molecule has 1 aliphatic rings. The van der Waals surface area contributed by atoms with Gasteiger partial charge in [0, 0.05) is 36.9 Å². The van der Waals surface area contributed by atoms with Crippen molar-refractivity contribution in [3.8, 4) is 0 Å². The number of nitrogens with zero attached hydrogens (tertiary/aromatic N) is 1. The predicted molar refractivity (Wildman–Crippen MR) is 94.9 cm³/mol. The summed E-state index contributed by atoms with van der Waals surface area (Å²) < 4.78 is 5.93. The number of hydrogen-bond acceptors (Lipinski definition) is 3. The highest BCUT2D eigenvalue weighted by molar-refractivity contribution is 5.85. The number of carbonyl (C=O) groups excluding carboxylic acids is 1. The number of benzene rings is 1. The number of nitrogens with one attached hydrogen (secondary N) is 1. The first-order valence-corrected chi connectivity index (χ1v) is 8.15. The maximum Gasteiger partial charge on any atom is 0.225 e. The van der Waals surface area contributed by atoms with E-state index in [1.165, 1.54) is 0 Å². The summed E-state index contributed by atoms with van der Waals surface area (Å²) >= 11 is 0. The van der Waals surface area contributed by atoms with Crippen LogP contribution in [0.25, 0.3) is 11.0 Å². The zero-order chi connectivity index (χ0) is 15.5. The minimum Gasteiger partial charge on any atom is -0.461 e. The highest BCUT2D eigenvalue weighted by atomic mass is 35.5. The predicted octanol–water partition coefficient (Wildman–Crippen LogP) is 3.38. The zero-order valence-corrected chi connectivity index (χ0v) is 14.6. The van der Waals surface area contributed by atoms with Crippen LogP contribution >= 0.6 is 12.4 Å². The molecule has 1 fully saturated rings. The number of rotatable bonds is 4. The Balaban J connectivity index is 0.00000192. The fraction of sp³-hybridized carbons (Fsp3) is 0.500. The molecule has 5 heteroatoms. The molecule has 1 amide bonds. The van der Waals surface area contributed by atoms with Crippen molar-refractivity contribution < 1.29 is 9.21 Å². The van der Waals surface area contributed by atoms with E-state index in [-0.39, 0.29) is 24.2 Å². The summed E-state index contributed by atoms with van der Waals surface area (Å²) in [4.78, 5) is 14.5. The molecule has 2 heterocycles. The molecule has 1 N–H and O–H groups in total. The van der Waals surface area contributed by atoms with Gasteiger partial charge >= 0.3 is 0 Å². The minimum atomic E-state index is 0. The van der Waals surface area contributed by atoms with Crippen molar-refractivity contribution in [1.29, 1.82) is 0 Å². The summed E-state index contributed by atoms with van der Waals surface area (Å²) in [6.45, 7) is 4.61. The number of halogens is 1. The topological polar surface area (TPSA) is 45.5 Å². The van der Waals surface area contributed by atoms with Crippen LogP contribution < -0.4 is 5.32 Å². The number of fused-ring (bicyclic) bond motifs is 1. The van der Waals surface area contributed by atoms with Gasteiger partial charge < -0.3 is 14.6 Å². The second kappa shape index (κ2) is 7.84. The molecular weight excluding hydrogens is 312 g/mol.